The Kier molecular flexibility index (Phi) is 7.08. The van der Waals surface area contributed by atoms with Crippen molar-refractivity contribution < 1.29 is 4.74 Å². The first-order chi connectivity index (χ1) is 10.3. The second-order valence-corrected chi connectivity index (χ2v) is 6.21. The average Bonchev–Trinajstić information content (AvgIpc) is 2.73. The standard InChI is InChI=1S/C19H31NO/c1-3-5-9-16-12-14-17(15-13-16)21-19-11-8-6-7-10-18(19)20-4-2/h12-15,18-20H,3-11H2,1-2H3. The Morgan fingerprint density at radius 3 is 2.52 bits per heavy atom. The maximum atomic E-state index is 6.30. The lowest BCUT2D eigenvalue weighted by Crippen LogP contribution is -2.42. The van der Waals surface area contributed by atoms with E-state index in [-0.39, 0.29) is 0 Å². The zero-order chi connectivity index (χ0) is 14.9. The summed E-state index contributed by atoms with van der Waals surface area (Å²) < 4.78 is 6.30. The van der Waals surface area contributed by atoms with Crippen LogP contribution in [0, 0.1) is 0 Å². The monoisotopic (exact) mass is 289 g/mol. The van der Waals surface area contributed by atoms with E-state index >= 15 is 0 Å². The van der Waals surface area contributed by atoms with E-state index in [0.29, 0.717) is 12.1 Å². The molecular formula is C19H31NO. The van der Waals surface area contributed by atoms with Gasteiger partial charge in [0.1, 0.15) is 11.9 Å². The number of benzene rings is 1. The van der Waals surface area contributed by atoms with Gasteiger partial charge in [-0.25, -0.2) is 0 Å². The van der Waals surface area contributed by atoms with Gasteiger partial charge in [0.05, 0.1) is 0 Å². The minimum Gasteiger partial charge on any atom is -0.489 e. The molecule has 2 atom stereocenters. The summed E-state index contributed by atoms with van der Waals surface area (Å²) in [5, 5.41) is 3.61. The van der Waals surface area contributed by atoms with Crippen molar-refractivity contribution in [3.63, 3.8) is 0 Å². The zero-order valence-electron chi connectivity index (χ0n) is 13.7. The Morgan fingerprint density at radius 2 is 1.81 bits per heavy atom. The summed E-state index contributed by atoms with van der Waals surface area (Å²) in [5.41, 5.74) is 1.42. The van der Waals surface area contributed by atoms with E-state index in [4.69, 9.17) is 4.74 Å². The summed E-state index contributed by atoms with van der Waals surface area (Å²) in [4.78, 5) is 0. The second kappa shape index (κ2) is 9.09. The molecule has 21 heavy (non-hydrogen) atoms. The van der Waals surface area contributed by atoms with Gasteiger partial charge in [0, 0.05) is 6.04 Å². The van der Waals surface area contributed by atoms with Gasteiger partial charge in [-0.05, 0) is 56.3 Å². The Hall–Kier alpha value is -1.02. The molecule has 1 saturated carbocycles. The van der Waals surface area contributed by atoms with Crippen molar-refractivity contribution >= 4 is 0 Å². The molecule has 2 nitrogen and oxygen atoms in total. The van der Waals surface area contributed by atoms with Crippen molar-refractivity contribution in [1.82, 2.24) is 5.32 Å². The predicted molar refractivity (Wildman–Crippen MR) is 90.0 cm³/mol. The van der Waals surface area contributed by atoms with Crippen molar-refractivity contribution in [3.05, 3.63) is 29.8 Å². The van der Waals surface area contributed by atoms with E-state index < -0.39 is 0 Å². The number of rotatable bonds is 7. The zero-order valence-corrected chi connectivity index (χ0v) is 13.7. The average molecular weight is 289 g/mol. The van der Waals surface area contributed by atoms with E-state index in [1.54, 1.807) is 0 Å². The van der Waals surface area contributed by atoms with E-state index in [1.165, 1.54) is 56.9 Å². The molecule has 0 heterocycles. The molecule has 0 spiro atoms. The van der Waals surface area contributed by atoms with Crippen LogP contribution in [-0.2, 0) is 6.42 Å². The number of aryl methyl sites for hydroxylation is 1. The molecule has 1 aliphatic carbocycles. The third kappa shape index (κ3) is 5.35. The maximum Gasteiger partial charge on any atom is 0.119 e. The molecule has 0 aromatic heterocycles. The highest BCUT2D eigenvalue weighted by Crippen LogP contribution is 2.24. The Balaban J connectivity index is 1.94. The van der Waals surface area contributed by atoms with Gasteiger partial charge in [-0.3, -0.25) is 0 Å². The molecule has 0 aliphatic heterocycles. The number of unbranched alkanes of at least 4 members (excludes halogenated alkanes) is 1. The molecular weight excluding hydrogens is 258 g/mol. The molecule has 0 saturated heterocycles. The van der Waals surface area contributed by atoms with Gasteiger partial charge in [0.15, 0.2) is 0 Å². The van der Waals surface area contributed by atoms with Crippen LogP contribution >= 0.6 is 0 Å². The molecule has 1 aromatic rings. The van der Waals surface area contributed by atoms with Crippen molar-refractivity contribution in [2.45, 2.75) is 77.4 Å². The van der Waals surface area contributed by atoms with Crippen molar-refractivity contribution in [1.29, 1.82) is 0 Å². The van der Waals surface area contributed by atoms with Crippen LogP contribution in [0.4, 0.5) is 0 Å². The second-order valence-electron chi connectivity index (χ2n) is 6.21. The first kappa shape index (κ1) is 16.4. The summed E-state index contributed by atoms with van der Waals surface area (Å²) in [6.07, 6.45) is 10.4. The summed E-state index contributed by atoms with van der Waals surface area (Å²) in [5.74, 6) is 1.03. The molecule has 0 bridgehead atoms. The fourth-order valence-electron chi connectivity index (χ4n) is 3.20. The topological polar surface area (TPSA) is 21.3 Å². The lowest BCUT2D eigenvalue weighted by atomic mass is 10.1. The normalized spacial score (nSPS) is 22.8. The molecule has 2 unspecified atom stereocenters. The van der Waals surface area contributed by atoms with Crippen LogP contribution in [0.25, 0.3) is 0 Å². The lowest BCUT2D eigenvalue weighted by molar-refractivity contribution is 0.145. The summed E-state index contributed by atoms with van der Waals surface area (Å²) in [7, 11) is 0. The number of nitrogens with one attached hydrogen (secondary N) is 1. The van der Waals surface area contributed by atoms with Crippen LogP contribution in [0.15, 0.2) is 24.3 Å². The lowest BCUT2D eigenvalue weighted by Gasteiger charge is -2.27. The Morgan fingerprint density at radius 1 is 1.05 bits per heavy atom. The van der Waals surface area contributed by atoms with Crippen LogP contribution in [-0.4, -0.2) is 18.7 Å². The van der Waals surface area contributed by atoms with Gasteiger partial charge in [0.25, 0.3) is 0 Å². The van der Waals surface area contributed by atoms with Gasteiger partial charge in [-0.1, -0.05) is 45.2 Å². The van der Waals surface area contributed by atoms with Crippen molar-refractivity contribution in [3.8, 4) is 5.75 Å². The molecule has 1 N–H and O–H groups in total. The molecule has 1 aliphatic rings. The summed E-state index contributed by atoms with van der Waals surface area (Å²) in [6, 6.07) is 9.27. The minimum atomic E-state index is 0.328. The maximum absolute atomic E-state index is 6.30. The van der Waals surface area contributed by atoms with Crippen LogP contribution in [0.1, 0.15) is 64.4 Å². The van der Waals surface area contributed by atoms with Gasteiger partial charge in [0.2, 0.25) is 0 Å². The molecule has 2 rings (SSSR count). The third-order valence-electron chi connectivity index (χ3n) is 4.45. The van der Waals surface area contributed by atoms with Gasteiger partial charge in [-0.15, -0.1) is 0 Å². The number of hydrogen-bond acceptors (Lipinski definition) is 2. The quantitative estimate of drug-likeness (QED) is 0.733. The summed E-state index contributed by atoms with van der Waals surface area (Å²) in [6.45, 7) is 5.45. The van der Waals surface area contributed by atoms with E-state index in [9.17, 15) is 0 Å². The molecule has 1 aromatic carbocycles. The fraction of sp³-hybridized carbons (Fsp3) is 0.684. The predicted octanol–water partition coefficient (Wildman–Crippen LogP) is 4.72. The molecule has 2 heteroatoms. The molecule has 0 radical (unpaired) electrons. The van der Waals surface area contributed by atoms with Gasteiger partial charge < -0.3 is 10.1 Å². The Labute approximate surface area is 130 Å². The highest BCUT2D eigenvalue weighted by atomic mass is 16.5. The number of hydrogen-bond donors (Lipinski definition) is 1. The summed E-state index contributed by atoms with van der Waals surface area (Å²) >= 11 is 0. The Bertz CT molecular complexity index is 387. The number of ether oxygens (including phenoxy) is 1. The largest absolute Gasteiger partial charge is 0.489 e. The van der Waals surface area contributed by atoms with Crippen molar-refractivity contribution in [2.75, 3.05) is 6.54 Å². The third-order valence-corrected chi connectivity index (χ3v) is 4.45. The van der Waals surface area contributed by atoms with Crippen LogP contribution in [0.5, 0.6) is 5.75 Å². The molecule has 0 amide bonds. The van der Waals surface area contributed by atoms with E-state index in [0.717, 1.165) is 12.3 Å². The SMILES string of the molecule is CCCCc1ccc(OC2CCCCCC2NCC)cc1. The first-order valence-corrected chi connectivity index (χ1v) is 8.82. The first-order valence-electron chi connectivity index (χ1n) is 8.82. The van der Waals surface area contributed by atoms with E-state index in [2.05, 4.69) is 43.4 Å². The van der Waals surface area contributed by atoms with Gasteiger partial charge in [-0.2, -0.15) is 0 Å². The van der Waals surface area contributed by atoms with Gasteiger partial charge >= 0.3 is 0 Å². The van der Waals surface area contributed by atoms with Crippen LogP contribution < -0.4 is 10.1 Å². The van der Waals surface area contributed by atoms with Crippen LogP contribution in [0.2, 0.25) is 0 Å². The van der Waals surface area contributed by atoms with Crippen LogP contribution in [0.3, 0.4) is 0 Å². The number of likely N-dealkylation sites (N-methyl/N-ethyl adjacent to an activating group) is 1. The highest BCUT2D eigenvalue weighted by Gasteiger charge is 2.24. The van der Waals surface area contributed by atoms with E-state index in [1.807, 2.05) is 0 Å². The molecule has 1 fully saturated rings. The highest BCUT2D eigenvalue weighted by molar-refractivity contribution is 5.27. The minimum absolute atomic E-state index is 0.328. The fourth-order valence-corrected chi connectivity index (χ4v) is 3.20. The molecule has 118 valence electrons. The smallest absolute Gasteiger partial charge is 0.119 e. The van der Waals surface area contributed by atoms with Crippen molar-refractivity contribution in [2.24, 2.45) is 0 Å².